The van der Waals surface area contributed by atoms with Crippen LogP contribution in [0.5, 0.6) is 5.75 Å². The van der Waals surface area contributed by atoms with Crippen molar-refractivity contribution >= 4 is 39.9 Å². The quantitative estimate of drug-likeness (QED) is 0.538. The minimum Gasteiger partial charge on any atom is -0.495 e. The van der Waals surface area contributed by atoms with Crippen LogP contribution in [0.4, 0.5) is 11.4 Å². The number of aryl methyl sites for hydroxylation is 1. The van der Waals surface area contributed by atoms with E-state index in [2.05, 4.69) is 17.1 Å². The molecule has 2 aromatic carbocycles. The number of methoxy groups -OCH3 is 1. The van der Waals surface area contributed by atoms with Gasteiger partial charge in [0.1, 0.15) is 11.3 Å². The van der Waals surface area contributed by atoms with Crippen LogP contribution in [-0.2, 0) is 11.2 Å². The fourth-order valence-corrected chi connectivity index (χ4v) is 4.38. The molecule has 0 aliphatic carbocycles. The number of benzene rings is 2. The molecule has 0 saturated carbocycles. The van der Waals surface area contributed by atoms with Crippen molar-refractivity contribution in [2.45, 2.75) is 33.1 Å². The van der Waals surface area contributed by atoms with Crippen LogP contribution in [0.25, 0.3) is 11.0 Å². The molecule has 1 saturated heterocycles. The van der Waals surface area contributed by atoms with E-state index in [1.54, 1.807) is 19.1 Å². The van der Waals surface area contributed by atoms with E-state index in [1.165, 1.54) is 20.0 Å². The third-order valence-corrected chi connectivity index (χ3v) is 6.49. The van der Waals surface area contributed by atoms with Crippen LogP contribution in [0.3, 0.4) is 0 Å². The van der Waals surface area contributed by atoms with Gasteiger partial charge in [-0.15, -0.1) is 0 Å². The van der Waals surface area contributed by atoms with Gasteiger partial charge in [-0.25, -0.2) is 4.79 Å². The molecule has 0 bridgehead atoms. The van der Waals surface area contributed by atoms with Crippen LogP contribution < -0.4 is 20.6 Å². The second-order valence-electron chi connectivity index (χ2n) is 8.42. The highest BCUT2D eigenvalue weighted by Gasteiger charge is 2.18. The SMILES string of the molecule is COc1cc2oc(=O)c(CC(=O)Nc3ccc(N4CCC(C)CC4)cc3)c(C)c2cc1Cl. The van der Waals surface area contributed by atoms with Crippen molar-refractivity contribution in [3.8, 4) is 5.75 Å². The number of carbonyl (C=O) groups excluding carboxylic acids is 1. The summed E-state index contributed by atoms with van der Waals surface area (Å²) >= 11 is 6.23. The van der Waals surface area contributed by atoms with Crippen LogP contribution in [0.1, 0.15) is 30.9 Å². The molecule has 0 radical (unpaired) electrons. The molecule has 0 unspecified atom stereocenters. The largest absolute Gasteiger partial charge is 0.495 e. The molecule has 1 aliphatic heterocycles. The number of nitrogens with zero attached hydrogens (tertiary/aromatic N) is 1. The first-order chi connectivity index (χ1) is 15.4. The van der Waals surface area contributed by atoms with E-state index < -0.39 is 5.63 Å². The Morgan fingerprint density at radius 2 is 1.91 bits per heavy atom. The van der Waals surface area contributed by atoms with E-state index in [0.717, 1.165) is 24.7 Å². The summed E-state index contributed by atoms with van der Waals surface area (Å²) in [5.41, 5.74) is 2.68. The van der Waals surface area contributed by atoms with Gasteiger partial charge in [-0.05, 0) is 61.6 Å². The van der Waals surface area contributed by atoms with Crippen LogP contribution in [0.15, 0.2) is 45.6 Å². The molecule has 3 aromatic rings. The molecule has 0 spiro atoms. The standard InChI is InChI=1S/C25H27ClN2O4/c1-15-8-10-28(11-9-15)18-6-4-17(5-7-18)27-24(29)13-20-16(2)19-12-21(26)23(31-3)14-22(19)32-25(20)30/h4-7,12,14-15H,8-11,13H2,1-3H3,(H,27,29). The van der Waals surface area contributed by atoms with Crippen molar-refractivity contribution in [3.05, 3.63) is 63.0 Å². The van der Waals surface area contributed by atoms with Crippen molar-refractivity contribution in [1.82, 2.24) is 0 Å². The van der Waals surface area contributed by atoms with E-state index in [4.69, 9.17) is 20.8 Å². The van der Waals surface area contributed by atoms with Crippen molar-refractivity contribution in [2.24, 2.45) is 5.92 Å². The van der Waals surface area contributed by atoms with Gasteiger partial charge >= 0.3 is 5.63 Å². The molecular formula is C25H27ClN2O4. The Morgan fingerprint density at radius 3 is 2.56 bits per heavy atom. The molecular weight excluding hydrogens is 428 g/mol. The van der Waals surface area contributed by atoms with E-state index in [-0.39, 0.29) is 12.3 Å². The summed E-state index contributed by atoms with van der Waals surface area (Å²) in [5, 5.41) is 3.97. The first kappa shape index (κ1) is 22.2. The highest BCUT2D eigenvalue weighted by molar-refractivity contribution is 6.32. The molecule has 6 nitrogen and oxygen atoms in total. The minimum absolute atomic E-state index is 0.0838. The number of ether oxygens (including phenoxy) is 1. The zero-order valence-electron chi connectivity index (χ0n) is 18.5. The fourth-order valence-electron chi connectivity index (χ4n) is 4.14. The number of halogens is 1. The smallest absolute Gasteiger partial charge is 0.340 e. The molecule has 2 heterocycles. The predicted octanol–water partition coefficient (Wildman–Crippen LogP) is 5.18. The maximum absolute atomic E-state index is 12.7. The number of hydrogen-bond donors (Lipinski definition) is 1. The topological polar surface area (TPSA) is 71.8 Å². The van der Waals surface area contributed by atoms with Crippen LogP contribution >= 0.6 is 11.6 Å². The van der Waals surface area contributed by atoms with Gasteiger partial charge < -0.3 is 19.4 Å². The van der Waals surface area contributed by atoms with Crippen molar-refractivity contribution in [1.29, 1.82) is 0 Å². The molecule has 1 N–H and O–H groups in total. The summed E-state index contributed by atoms with van der Waals surface area (Å²) < 4.78 is 10.6. The van der Waals surface area contributed by atoms with Gasteiger partial charge in [0.05, 0.1) is 24.1 Å². The summed E-state index contributed by atoms with van der Waals surface area (Å²) in [6.45, 7) is 6.19. The first-order valence-electron chi connectivity index (χ1n) is 10.8. The van der Waals surface area contributed by atoms with Crippen molar-refractivity contribution in [2.75, 3.05) is 30.4 Å². The Labute approximate surface area is 192 Å². The number of fused-ring (bicyclic) bond motifs is 1. The molecule has 1 fully saturated rings. The van der Waals surface area contributed by atoms with E-state index in [9.17, 15) is 9.59 Å². The monoisotopic (exact) mass is 454 g/mol. The number of carbonyl (C=O) groups is 1. The average Bonchev–Trinajstić information content (AvgIpc) is 2.78. The van der Waals surface area contributed by atoms with E-state index >= 15 is 0 Å². The van der Waals surface area contributed by atoms with Crippen molar-refractivity contribution in [3.63, 3.8) is 0 Å². The third-order valence-electron chi connectivity index (χ3n) is 6.20. The molecule has 0 atom stereocenters. The predicted molar refractivity (Wildman–Crippen MR) is 128 cm³/mol. The fraction of sp³-hybridized carbons (Fsp3) is 0.360. The first-order valence-corrected chi connectivity index (χ1v) is 11.2. The Hall–Kier alpha value is -2.99. The summed E-state index contributed by atoms with van der Waals surface area (Å²) in [5.74, 6) is 0.924. The number of nitrogens with one attached hydrogen (secondary N) is 1. The summed E-state index contributed by atoms with van der Waals surface area (Å²) in [7, 11) is 1.50. The Balaban J connectivity index is 1.48. The number of anilines is 2. The van der Waals surface area contributed by atoms with Gasteiger partial charge in [0.15, 0.2) is 0 Å². The van der Waals surface area contributed by atoms with Gasteiger partial charge in [0.2, 0.25) is 5.91 Å². The lowest BCUT2D eigenvalue weighted by Gasteiger charge is -2.32. The van der Waals surface area contributed by atoms with Crippen LogP contribution in [0.2, 0.25) is 5.02 Å². The average molecular weight is 455 g/mol. The van der Waals surface area contributed by atoms with Gasteiger partial charge in [0, 0.05) is 35.9 Å². The zero-order chi connectivity index (χ0) is 22.8. The second kappa shape index (κ2) is 9.25. The molecule has 32 heavy (non-hydrogen) atoms. The molecule has 1 aromatic heterocycles. The van der Waals surface area contributed by atoms with E-state index in [1.807, 2.05) is 24.3 Å². The Morgan fingerprint density at radius 1 is 1.22 bits per heavy atom. The van der Waals surface area contributed by atoms with Gasteiger partial charge in [0.25, 0.3) is 0 Å². The highest BCUT2D eigenvalue weighted by atomic mass is 35.5. The number of piperidine rings is 1. The normalized spacial score (nSPS) is 14.6. The molecule has 1 aliphatic rings. The van der Waals surface area contributed by atoms with Crippen molar-refractivity contribution < 1.29 is 13.9 Å². The van der Waals surface area contributed by atoms with Gasteiger partial charge in [-0.1, -0.05) is 18.5 Å². The Kier molecular flexibility index (Phi) is 6.42. The maximum atomic E-state index is 12.7. The molecule has 7 heteroatoms. The van der Waals surface area contributed by atoms with Gasteiger partial charge in [-0.3, -0.25) is 4.79 Å². The third kappa shape index (κ3) is 4.60. The second-order valence-corrected chi connectivity index (χ2v) is 8.82. The minimum atomic E-state index is -0.538. The summed E-state index contributed by atoms with van der Waals surface area (Å²) in [6, 6.07) is 11.1. The lowest BCUT2D eigenvalue weighted by molar-refractivity contribution is -0.115. The molecule has 4 rings (SSSR count). The number of amides is 1. The van der Waals surface area contributed by atoms with E-state index in [0.29, 0.717) is 38.6 Å². The summed E-state index contributed by atoms with van der Waals surface area (Å²) in [6.07, 6.45) is 2.31. The summed E-state index contributed by atoms with van der Waals surface area (Å²) in [4.78, 5) is 27.6. The van der Waals surface area contributed by atoms with Gasteiger partial charge in [-0.2, -0.15) is 0 Å². The Bertz CT molecular complexity index is 1200. The molecule has 1 amide bonds. The number of hydrogen-bond acceptors (Lipinski definition) is 5. The lowest BCUT2D eigenvalue weighted by Crippen LogP contribution is -2.32. The molecule has 168 valence electrons. The van der Waals surface area contributed by atoms with Crippen LogP contribution in [-0.4, -0.2) is 26.1 Å². The highest BCUT2D eigenvalue weighted by Crippen LogP contribution is 2.31. The zero-order valence-corrected chi connectivity index (χ0v) is 19.3. The maximum Gasteiger partial charge on any atom is 0.340 e. The number of rotatable bonds is 5. The lowest BCUT2D eigenvalue weighted by atomic mass is 9.99. The van der Waals surface area contributed by atoms with Crippen LogP contribution in [0, 0.1) is 12.8 Å².